The second-order valence-electron chi connectivity index (χ2n) is 4.34. The van der Waals surface area contributed by atoms with Gasteiger partial charge in [0.25, 0.3) is 5.91 Å². The van der Waals surface area contributed by atoms with Crippen molar-refractivity contribution in [2.45, 2.75) is 18.9 Å². The van der Waals surface area contributed by atoms with Gasteiger partial charge in [-0.05, 0) is 36.6 Å². The molecule has 2 rings (SSSR count). The number of carbonyl (C=O) groups excluding carboxylic acids is 1. The molecule has 1 amide bonds. The molecule has 1 saturated carbocycles. The van der Waals surface area contributed by atoms with E-state index in [4.69, 9.17) is 10.4 Å². The standard InChI is InChI=1S/C14H12N2O3/c15-8-11(13(17)16-12-5-6-12)7-9-1-3-10(4-2-9)14(18)19/h1-4,7,12H,5-6H2,(H,16,17)(H,18,19)/b11-7+. The molecule has 0 spiro atoms. The Morgan fingerprint density at radius 3 is 2.42 bits per heavy atom. The number of hydrogen-bond donors (Lipinski definition) is 2. The molecule has 0 radical (unpaired) electrons. The average Bonchev–Trinajstić information content (AvgIpc) is 3.20. The molecule has 5 nitrogen and oxygen atoms in total. The summed E-state index contributed by atoms with van der Waals surface area (Å²) in [6.07, 6.45) is 3.36. The molecular weight excluding hydrogens is 244 g/mol. The van der Waals surface area contributed by atoms with Crippen LogP contribution in [0.3, 0.4) is 0 Å². The van der Waals surface area contributed by atoms with Crippen molar-refractivity contribution in [3.63, 3.8) is 0 Å². The van der Waals surface area contributed by atoms with Crippen molar-refractivity contribution in [2.24, 2.45) is 0 Å². The van der Waals surface area contributed by atoms with Gasteiger partial charge in [0.15, 0.2) is 0 Å². The van der Waals surface area contributed by atoms with Crippen molar-refractivity contribution >= 4 is 18.0 Å². The first-order valence-corrected chi connectivity index (χ1v) is 5.86. The summed E-state index contributed by atoms with van der Waals surface area (Å²) in [6, 6.07) is 8.03. The maximum Gasteiger partial charge on any atom is 0.335 e. The van der Waals surface area contributed by atoms with Gasteiger partial charge >= 0.3 is 5.97 Å². The van der Waals surface area contributed by atoms with E-state index in [2.05, 4.69) is 5.32 Å². The minimum Gasteiger partial charge on any atom is -0.478 e. The molecule has 19 heavy (non-hydrogen) atoms. The van der Waals surface area contributed by atoms with Crippen molar-refractivity contribution in [2.75, 3.05) is 0 Å². The zero-order valence-electron chi connectivity index (χ0n) is 10.1. The summed E-state index contributed by atoms with van der Waals surface area (Å²) >= 11 is 0. The van der Waals surface area contributed by atoms with E-state index in [1.165, 1.54) is 18.2 Å². The molecule has 1 aromatic rings. The summed E-state index contributed by atoms with van der Waals surface area (Å²) in [5.74, 6) is -1.39. The second-order valence-corrected chi connectivity index (χ2v) is 4.34. The fraction of sp³-hybridized carbons (Fsp3) is 0.214. The fourth-order valence-corrected chi connectivity index (χ4v) is 1.53. The molecule has 1 fully saturated rings. The van der Waals surface area contributed by atoms with E-state index < -0.39 is 5.97 Å². The molecule has 0 aromatic heterocycles. The van der Waals surface area contributed by atoms with E-state index in [-0.39, 0.29) is 23.1 Å². The van der Waals surface area contributed by atoms with Crippen molar-refractivity contribution in [3.05, 3.63) is 41.0 Å². The minimum atomic E-state index is -1.01. The molecule has 1 aromatic carbocycles. The number of nitrogens with one attached hydrogen (secondary N) is 1. The van der Waals surface area contributed by atoms with E-state index in [0.29, 0.717) is 5.56 Å². The van der Waals surface area contributed by atoms with Gasteiger partial charge in [-0.25, -0.2) is 4.79 Å². The molecule has 1 aliphatic carbocycles. The topological polar surface area (TPSA) is 90.2 Å². The van der Waals surface area contributed by atoms with Crippen LogP contribution in [0.4, 0.5) is 0 Å². The van der Waals surface area contributed by atoms with Crippen LogP contribution >= 0.6 is 0 Å². The first-order valence-electron chi connectivity index (χ1n) is 5.86. The van der Waals surface area contributed by atoms with E-state index in [9.17, 15) is 9.59 Å². The number of benzene rings is 1. The predicted molar refractivity (Wildman–Crippen MR) is 68.2 cm³/mol. The Morgan fingerprint density at radius 1 is 1.32 bits per heavy atom. The summed E-state index contributed by atoms with van der Waals surface area (Å²) in [5.41, 5.74) is 0.806. The first-order chi connectivity index (χ1) is 9.10. The lowest BCUT2D eigenvalue weighted by atomic mass is 10.1. The zero-order valence-corrected chi connectivity index (χ0v) is 10.1. The van der Waals surface area contributed by atoms with Crippen LogP contribution in [0.15, 0.2) is 29.8 Å². The average molecular weight is 256 g/mol. The Kier molecular flexibility index (Phi) is 3.62. The normalized spacial score (nSPS) is 14.6. The zero-order chi connectivity index (χ0) is 13.8. The monoisotopic (exact) mass is 256 g/mol. The highest BCUT2D eigenvalue weighted by atomic mass is 16.4. The highest BCUT2D eigenvalue weighted by Crippen LogP contribution is 2.19. The third-order valence-corrected chi connectivity index (χ3v) is 2.75. The minimum absolute atomic E-state index is 0.0231. The van der Waals surface area contributed by atoms with Crippen molar-refractivity contribution < 1.29 is 14.7 Å². The quantitative estimate of drug-likeness (QED) is 0.632. The number of aromatic carboxylic acids is 1. The number of rotatable bonds is 4. The van der Waals surface area contributed by atoms with Crippen LogP contribution < -0.4 is 5.32 Å². The lowest BCUT2D eigenvalue weighted by Crippen LogP contribution is -2.26. The summed E-state index contributed by atoms with van der Waals surface area (Å²) in [6.45, 7) is 0. The van der Waals surface area contributed by atoms with Gasteiger partial charge in [-0.1, -0.05) is 12.1 Å². The molecule has 1 aliphatic rings. The lowest BCUT2D eigenvalue weighted by molar-refractivity contribution is -0.117. The number of carbonyl (C=O) groups is 2. The van der Waals surface area contributed by atoms with E-state index >= 15 is 0 Å². The molecule has 0 unspecified atom stereocenters. The number of carboxylic acids is 1. The third kappa shape index (κ3) is 3.42. The van der Waals surface area contributed by atoms with Gasteiger partial charge in [0.2, 0.25) is 0 Å². The summed E-state index contributed by atoms with van der Waals surface area (Å²) < 4.78 is 0. The Morgan fingerprint density at radius 2 is 1.95 bits per heavy atom. The number of nitrogens with zero attached hydrogens (tertiary/aromatic N) is 1. The number of amides is 1. The van der Waals surface area contributed by atoms with Gasteiger partial charge < -0.3 is 10.4 Å². The summed E-state index contributed by atoms with van der Waals surface area (Å²) in [4.78, 5) is 22.4. The largest absolute Gasteiger partial charge is 0.478 e. The van der Waals surface area contributed by atoms with E-state index in [1.54, 1.807) is 12.1 Å². The molecule has 0 saturated heterocycles. The molecule has 96 valence electrons. The molecule has 0 aliphatic heterocycles. The Balaban J connectivity index is 2.14. The SMILES string of the molecule is N#C/C(=C\c1ccc(C(=O)O)cc1)C(=O)NC1CC1. The molecule has 0 bridgehead atoms. The highest BCUT2D eigenvalue weighted by Gasteiger charge is 2.24. The van der Waals surface area contributed by atoms with Crippen LogP contribution in [0, 0.1) is 11.3 Å². The van der Waals surface area contributed by atoms with Gasteiger partial charge in [-0.3, -0.25) is 4.79 Å². The summed E-state index contributed by atoms with van der Waals surface area (Å²) in [7, 11) is 0. The van der Waals surface area contributed by atoms with Gasteiger partial charge in [-0.15, -0.1) is 0 Å². The van der Waals surface area contributed by atoms with Crippen LogP contribution in [0.2, 0.25) is 0 Å². The van der Waals surface area contributed by atoms with Crippen LogP contribution in [-0.2, 0) is 4.79 Å². The number of carboxylic acid groups (broad SMARTS) is 1. The fourth-order valence-electron chi connectivity index (χ4n) is 1.53. The molecule has 0 atom stereocenters. The molecule has 5 heteroatoms. The number of nitriles is 1. The Hall–Kier alpha value is -2.61. The van der Waals surface area contributed by atoms with Crippen molar-refractivity contribution in [3.8, 4) is 6.07 Å². The van der Waals surface area contributed by atoms with E-state index in [0.717, 1.165) is 12.8 Å². The maximum atomic E-state index is 11.7. The van der Waals surface area contributed by atoms with Crippen molar-refractivity contribution in [1.29, 1.82) is 5.26 Å². The molecular formula is C14H12N2O3. The van der Waals surface area contributed by atoms with Crippen LogP contribution in [0.25, 0.3) is 6.08 Å². The first kappa shape index (κ1) is 12.8. The lowest BCUT2D eigenvalue weighted by Gasteiger charge is -2.01. The van der Waals surface area contributed by atoms with Gasteiger partial charge in [0, 0.05) is 6.04 Å². The van der Waals surface area contributed by atoms with Crippen LogP contribution in [0.5, 0.6) is 0 Å². The van der Waals surface area contributed by atoms with Gasteiger partial charge in [0.05, 0.1) is 5.56 Å². The molecule has 0 heterocycles. The maximum absolute atomic E-state index is 11.7. The van der Waals surface area contributed by atoms with Gasteiger partial charge in [0.1, 0.15) is 11.6 Å². The number of hydrogen-bond acceptors (Lipinski definition) is 3. The Labute approximate surface area is 110 Å². The summed E-state index contributed by atoms with van der Waals surface area (Å²) in [5, 5.41) is 20.5. The predicted octanol–water partition coefficient (Wildman–Crippen LogP) is 1.57. The third-order valence-electron chi connectivity index (χ3n) is 2.75. The van der Waals surface area contributed by atoms with Crippen molar-refractivity contribution in [1.82, 2.24) is 5.32 Å². The van der Waals surface area contributed by atoms with E-state index in [1.807, 2.05) is 6.07 Å². The Bertz CT molecular complexity index is 578. The van der Waals surface area contributed by atoms with Crippen LogP contribution in [0.1, 0.15) is 28.8 Å². The van der Waals surface area contributed by atoms with Gasteiger partial charge in [-0.2, -0.15) is 5.26 Å². The second kappa shape index (κ2) is 5.36. The highest BCUT2D eigenvalue weighted by molar-refractivity contribution is 6.02. The molecule has 2 N–H and O–H groups in total. The smallest absolute Gasteiger partial charge is 0.335 e. The van der Waals surface area contributed by atoms with Crippen LogP contribution in [-0.4, -0.2) is 23.0 Å².